The molecule has 1 aliphatic rings. The van der Waals surface area contributed by atoms with Crippen molar-refractivity contribution in [2.75, 3.05) is 25.1 Å². The number of hydrogen-bond donors (Lipinski definition) is 1. The standard InChI is InChI=1S/C14H18F3NO3S/c1-22(19,20)9-13(10-6-7-18-8-10)21-12-4-2-11(3-5-12)14(15,16)17/h2-5,10,13,18H,6-9H2,1H3/t10-,13+/m0/s1. The highest BCUT2D eigenvalue weighted by Crippen LogP contribution is 2.31. The van der Waals surface area contributed by atoms with E-state index < -0.39 is 27.7 Å². The molecule has 0 bridgehead atoms. The molecule has 1 N–H and O–H groups in total. The predicted molar refractivity (Wildman–Crippen MR) is 76.5 cm³/mol. The third-order valence-corrected chi connectivity index (χ3v) is 4.49. The molecule has 0 aliphatic carbocycles. The maximum atomic E-state index is 12.5. The lowest BCUT2D eigenvalue weighted by atomic mass is 10.0. The van der Waals surface area contributed by atoms with Gasteiger partial charge in [0.05, 0.1) is 11.3 Å². The van der Waals surface area contributed by atoms with E-state index in [4.69, 9.17) is 4.74 Å². The molecule has 2 atom stereocenters. The molecule has 1 heterocycles. The molecule has 1 aromatic rings. The Labute approximate surface area is 127 Å². The largest absolute Gasteiger partial charge is 0.489 e. The molecule has 0 amide bonds. The molecule has 0 radical (unpaired) electrons. The van der Waals surface area contributed by atoms with Crippen molar-refractivity contribution in [2.24, 2.45) is 5.92 Å². The Morgan fingerprint density at radius 2 is 1.95 bits per heavy atom. The molecule has 8 heteroatoms. The Hall–Kier alpha value is -1.28. The van der Waals surface area contributed by atoms with E-state index in [-0.39, 0.29) is 17.4 Å². The highest BCUT2D eigenvalue weighted by Gasteiger charge is 2.31. The van der Waals surface area contributed by atoms with Gasteiger partial charge >= 0.3 is 6.18 Å². The molecule has 1 saturated heterocycles. The fourth-order valence-electron chi connectivity index (χ4n) is 2.46. The third kappa shape index (κ3) is 4.88. The van der Waals surface area contributed by atoms with Crippen molar-refractivity contribution in [3.63, 3.8) is 0 Å². The number of rotatable bonds is 5. The number of nitrogens with one attached hydrogen (secondary N) is 1. The summed E-state index contributed by atoms with van der Waals surface area (Å²) >= 11 is 0. The van der Waals surface area contributed by atoms with Crippen LogP contribution in [0.5, 0.6) is 5.75 Å². The summed E-state index contributed by atoms with van der Waals surface area (Å²) in [4.78, 5) is 0. The van der Waals surface area contributed by atoms with Gasteiger partial charge in [0, 0.05) is 18.7 Å². The second-order valence-corrected chi connectivity index (χ2v) is 7.71. The van der Waals surface area contributed by atoms with Crippen LogP contribution in [0.4, 0.5) is 13.2 Å². The first-order chi connectivity index (χ1) is 10.1. The molecule has 0 spiro atoms. The molecular weight excluding hydrogens is 319 g/mol. The fourth-order valence-corrected chi connectivity index (χ4v) is 3.39. The Bertz CT molecular complexity index is 593. The van der Waals surface area contributed by atoms with E-state index in [9.17, 15) is 21.6 Å². The molecular formula is C14H18F3NO3S. The van der Waals surface area contributed by atoms with Crippen LogP contribution >= 0.6 is 0 Å². The van der Waals surface area contributed by atoms with Gasteiger partial charge in [0.15, 0.2) is 9.84 Å². The van der Waals surface area contributed by atoms with Gasteiger partial charge in [-0.25, -0.2) is 8.42 Å². The van der Waals surface area contributed by atoms with Crippen molar-refractivity contribution < 1.29 is 26.3 Å². The van der Waals surface area contributed by atoms with E-state index in [0.717, 1.165) is 31.4 Å². The van der Waals surface area contributed by atoms with E-state index in [1.54, 1.807) is 0 Å². The van der Waals surface area contributed by atoms with Gasteiger partial charge in [-0.05, 0) is 37.2 Å². The average molecular weight is 337 g/mol. The van der Waals surface area contributed by atoms with Gasteiger partial charge in [0.2, 0.25) is 0 Å². The van der Waals surface area contributed by atoms with Crippen LogP contribution < -0.4 is 10.1 Å². The van der Waals surface area contributed by atoms with Gasteiger partial charge in [0.25, 0.3) is 0 Å². The van der Waals surface area contributed by atoms with Gasteiger partial charge in [-0.3, -0.25) is 0 Å². The highest BCUT2D eigenvalue weighted by molar-refractivity contribution is 7.90. The van der Waals surface area contributed by atoms with Crippen molar-refractivity contribution in [1.29, 1.82) is 0 Å². The fraction of sp³-hybridized carbons (Fsp3) is 0.571. The Morgan fingerprint density at radius 1 is 1.32 bits per heavy atom. The average Bonchev–Trinajstić information content (AvgIpc) is 2.89. The van der Waals surface area contributed by atoms with Crippen molar-refractivity contribution in [2.45, 2.75) is 18.7 Å². The van der Waals surface area contributed by atoms with Crippen LogP contribution in [0.15, 0.2) is 24.3 Å². The smallest absolute Gasteiger partial charge is 0.416 e. The van der Waals surface area contributed by atoms with Gasteiger partial charge in [-0.2, -0.15) is 13.2 Å². The second-order valence-electron chi connectivity index (χ2n) is 5.52. The first-order valence-corrected chi connectivity index (χ1v) is 8.93. The lowest BCUT2D eigenvalue weighted by Gasteiger charge is -2.24. The van der Waals surface area contributed by atoms with Gasteiger partial charge in [0.1, 0.15) is 11.9 Å². The zero-order valence-corrected chi connectivity index (χ0v) is 12.9. The number of ether oxygens (including phenoxy) is 1. The normalized spacial score (nSPS) is 20.8. The second kappa shape index (κ2) is 6.45. The monoisotopic (exact) mass is 337 g/mol. The van der Waals surface area contributed by atoms with E-state index in [1.807, 2.05) is 0 Å². The number of sulfone groups is 1. The lowest BCUT2D eigenvalue weighted by molar-refractivity contribution is -0.137. The summed E-state index contributed by atoms with van der Waals surface area (Å²) in [7, 11) is -3.25. The van der Waals surface area contributed by atoms with E-state index in [0.29, 0.717) is 6.54 Å². The molecule has 4 nitrogen and oxygen atoms in total. The topological polar surface area (TPSA) is 55.4 Å². The first-order valence-electron chi connectivity index (χ1n) is 6.87. The van der Waals surface area contributed by atoms with Crippen LogP contribution in [-0.2, 0) is 16.0 Å². The Kier molecular flexibility index (Phi) is 5.01. The SMILES string of the molecule is CS(=O)(=O)C[C@@H](Oc1ccc(C(F)(F)F)cc1)[C@H]1CCNC1. The quantitative estimate of drug-likeness (QED) is 0.894. The molecule has 1 aliphatic heterocycles. The van der Waals surface area contributed by atoms with Crippen LogP contribution in [0.1, 0.15) is 12.0 Å². The van der Waals surface area contributed by atoms with Crippen LogP contribution in [0.2, 0.25) is 0 Å². The molecule has 1 aromatic carbocycles. The van der Waals surface area contributed by atoms with Crippen molar-refractivity contribution in [3.05, 3.63) is 29.8 Å². The van der Waals surface area contributed by atoms with Crippen LogP contribution in [0, 0.1) is 5.92 Å². The van der Waals surface area contributed by atoms with Gasteiger partial charge in [-0.1, -0.05) is 0 Å². The predicted octanol–water partition coefficient (Wildman–Crippen LogP) is 2.11. The Balaban J connectivity index is 2.12. The maximum Gasteiger partial charge on any atom is 0.416 e. The summed E-state index contributed by atoms with van der Waals surface area (Å²) in [5, 5.41) is 3.13. The van der Waals surface area contributed by atoms with Crippen LogP contribution in [0.3, 0.4) is 0 Å². The van der Waals surface area contributed by atoms with E-state index in [1.165, 1.54) is 12.1 Å². The molecule has 0 unspecified atom stereocenters. The molecule has 0 saturated carbocycles. The summed E-state index contributed by atoms with van der Waals surface area (Å²) in [6, 6.07) is 4.31. The number of benzene rings is 1. The summed E-state index contributed by atoms with van der Waals surface area (Å²) in [6.45, 7) is 1.42. The molecule has 1 fully saturated rings. The van der Waals surface area contributed by atoms with Crippen molar-refractivity contribution >= 4 is 9.84 Å². The third-order valence-electron chi connectivity index (χ3n) is 3.56. The van der Waals surface area contributed by atoms with Crippen molar-refractivity contribution in [3.8, 4) is 5.75 Å². The molecule has 22 heavy (non-hydrogen) atoms. The van der Waals surface area contributed by atoms with Gasteiger partial charge < -0.3 is 10.1 Å². The Morgan fingerprint density at radius 3 is 2.41 bits per heavy atom. The molecule has 124 valence electrons. The zero-order chi connectivity index (χ0) is 16.4. The zero-order valence-electron chi connectivity index (χ0n) is 12.1. The van der Waals surface area contributed by atoms with E-state index >= 15 is 0 Å². The minimum Gasteiger partial charge on any atom is -0.489 e. The first kappa shape index (κ1) is 17.1. The van der Waals surface area contributed by atoms with Gasteiger partial charge in [-0.15, -0.1) is 0 Å². The van der Waals surface area contributed by atoms with Crippen LogP contribution in [0.25, 0.3) is 0 Å². The number of alkyl halides is 3. The summed E-state index contributed by atoms with van der Waals surface area (Å²) in [5.74, 6) is 0.117. The molecule has 0 aromatic heterocycles. The number of halogens is 3. The summed E-state index contributed by atoms with van der Waals surface area (Å²) in [5.41, 5.74) is -0.762. The lowest BCUT2D eigenvalue weighted by Crippen LogP contribution is -2.35. The van der Waals surface area contributed by atoms with E-state index in [2.05, 4.69) is 5.32 Å². The molecule has 2 rings (SSSR count). The van der Waals surface area contributed by atoms with Crippen LogP contribution in [-0.4, -0.2) is 39.6 Å². The minimum atomic E-state index is -4.40. The maximum absolute atomic E-state index is 12.5. The number of hydrogen-bond acceptors (Lipinski definition) is 4. The summed E-state index contributed by atoms with van der Waals surface area (Å²) in [6.07, 6.45) is -3.07. The summed E-state index contributed by atoms with van der Waals surface area (Å²) < 4.78 is 66.3. The highest BCUT2D eigenvalue weighted by atomic mass is 32.2. The van der Waals surface area contributed by atoms with Crippen molar-refractivity contribution in [1.82, 2.24) is 5.32 Å². The minimum absolute atomic E-state index is 0.0250.